The van der Waals surface area contributed by atoms with Gasteiger partial charge in [0.2, 0.25) is 6.73 Å². The van der Waals surface area contributed by atoms with Crippen molar-refractivity contribution in [1.29, 1.82) is 0 Å². The number of nitrogens with zero attached hydrogens (tertiary/aromatic N) is 2. The summed E-state index contributed by atoms with van der Waals surface area (Å²) in [4.78, 5) is 24.1. The molecule has 0 radical (unpaired) electrons. The maximum absolute atomic E-state index is 13.6. The summed E-state index contributed by atoms with van der Waals surface area (Å²) in [5.74, 6) is 0.787. The van der Waals surface area contributed by atoms with E-state index in [0.29, 0.717) is 46.9 Å². The van der Waals surface area contributed by atoms with Crippen LogP contribution in [0.5, 0.6) is 11.5 Å². The summed E-state index contributed by atoms with van der Waals surface area (Å²) in [6, 6.07) is 9.73. The fourth-order valence-corrected chi connectivity index (χ4v) is 5.42. The molecule has 1 aromatic heterocycles. The Morgan fingerprint density at radius 1 is 1.07 bits per heavy atom. The zero-order chi connectivity index (χ0) is 28.5. The van der Waals surface area contributed by atoms with E-state index in [-0.39, 0.29) is 30.9 Å². The third kappa shape index (κ3) is 8.28. The number of carbonyl (C=O) groups excluding carboxylic acids is 2. The molecule has 1 saturated heterocycles. The molecule has 0 bridgehead atoms. The second-order valence-electron chi connectivity index (χ2n) is 10.7. The van der Waals surface area contributed by atoms with Crippen molar-refractivity contribution in [3.05, 3.63) is 60.9 Å². The molecule has 0 amide bonds. The first-order valence-electron chi connectivity index (χ1n) is 14.2. The summed E-state index contributed by atoms with van der Waals surface area (Å²) < 4.78 is 36.9. The number of likely N-dealkylation sites (tertiary alicyclic amines) is 1. The normalized spacial score (nSPS) is 18.5. The molecular formula is C32H43FN2O6. The molecular weight excluding hydrogens is 527 g/mol. The molecule has 0 aliphatic carbocycles. The topological polar surface area (TPSA) is 87.9 Å². The predicted molar refractivity (Wildman–Crippen MR) is 155 cm³/mol. The summed E-state index contributed by atoms with van der Waals surface area (Å²) >= 11 is 0. The zero-order valence-corrected chi connectivity index (χ0v) is 24.7. The van der Waals surface area contributed by atoms with E-state index in [1.807, 2.05) is 0 Å². The average Bonchev–Trinajstić information content (AvgIpc) is 3.37. The molecule has 0 saturated carbocycles. The van der Waals surface area contributed by atoms with Crippen molar-refractivity contribution in [1.82, 2.24) is 5.16 Å². The van der Waals surface area contributed by atoms with Crippen molar-refractivity contribution < 1.29 is 37.2 Å². The number of aromatic nitrogens is 1. The molecule has 0 unspecified atom stereocenters. The first-order chi connectivity index (χ1) is 19.3. The standard InChI is InChI=1S/C31H40FN2O6.CH3/c1-4-5-6-8-30(36)39-21-34(15-7-18-38-27-12-9-24(22(2)35)19-29(27)37-3)16-13-23(14-17-34)31-26-11-10-25(32)20-28(26)40-33-31;/h9-12,19-20,23H,4-8,13-18,21H2,1-3H3;1H3/q+1;-1. The van der Waals surface area contributed by atoms with Crippen molar-refractivity contribution in [3.63, 3.8) is 0 Å². The van der Waals surface area contributed by atoms with Gasteiger partial charge in [-0.1, -0.05) is 24.9 Å². The van der Waals surface area contributed by atoms with E-state index in [9.17, 15) is 14.0 Å². The lowest BCUT2D eigenvalue weighted by atomic mass is 9.90. The van der Waals surface area contributed by atoms with E-state index in [2.05, 4.69) is 12.1 Å². The number of ether oxygens (including phenoxy) is 3. The van der Waals surface area contributed by atoms with Crippen LogP contribution in [0, 0.1) is 13.2 Å². The molecule has 8 nitrogen and oxygen atoms in total. The highest BCUT2D eigenvalue weighted by Gasteiger charge is 2.37. The van der Waals surface area contributed by atoms with E-state index < -0.39 is 0 Å². The summed E-state index contributed by atoms with van der Waals surface area (Å²) in [5.41, 5.74) is 1.91. The number of halogens is 1. The zero-order valence-electron chi connectivity index (χ0n) is 24.7. The number of fused-ring (bicyclic) bond motifs is 1. The Kier molecular flexibility index (Phi) is 11.7. The largest absolute Gasteiger partial charge is 0.493 e. The van der Waals surface area contributed by atoms with Gasteiger partial charge < -0.3 is 26.2 Å². The van der Waals surface area contributed by atoms with Crippen molar-refractivity contribution >= 4 is 22.7 Å². The Morgan fingerprint density at radius 3 is 2.56 bits per heavy atom. The lowest BCUT2D eigenvalue weighted by Gasteiger charge is -2.42. The maximum atomic E-state index is 13.6. The van der Waals surface area contributed by atoms with Gasteiger partial charge in [0.15, 0.2) is 22.9 Å². The van der Waals surface area contributed by atoms with Gasteiger partial charge in [-0.15, -0.1) is 0 Å². The van der Waals surface area contributed by atoms with Crippen LogP contribution in [0.1, 0.15) is 80.8 Å². The van der Waals surface area contributed by atoms with Crippen LogP contribution in [-0.2, 0) is 9.53 Å². The van der Waals surface area contributed by atoms with Crippen LogP contribution in [0.3, 0.4) is 0 Å². The number of hydrogen-bond acceptors (Lipinski definition) is 7. The van der Waals surface area contributed by atoms with Gasteiger partial charge in [-0.05, 0) is 43.7 Å². The van der Waals surface area contributed by atoms with Gasteiger partial charge in [0.25, 0.3) is 0 Å². The number of quaternary nitrogens is 1. The fourth-order valence-electron chi connectivity index (χ4n) is 5.42. The Morgan fingerprint density at radius 2 is 1.85 bits per heavy atom. The molecule has 0 N–H and O–H groups in total. The van der Waals surface area contributed by atoms with Gasteiger partial charge in [-0.25, -0.2) is 4.39 Å². The molecule has 3 aromatic rings. The molecule has 0 spiro atoms. The molecule has 0 atom stereocenters. The highest BCUT2D eigenvalue weighted by atomic mass is 19.1. The average molecular weight is 571 g/mol. The monoisotopic (exact) mass is 570 g/mol. The number of ketones is 1. The third-order valence-electron chi connectivity index (χ3n) is 7.84. The molecule has 224 valence electrons. The minimum absolute atomic E-state index is 0. The molecule has 41 heavy (non-hydrogen) atoms. The molecule has 1 aliphatic rings. The quantitative estimate of drug-likeness (QED) is 0.0687. The number of rotatable bonds is 14. The Bertz CT molecular complexity index is 1300. The van der Waals surface area contributed by atoms with Gasteiger partial charge in [0.05, 0.1) is 39.0 Å². The number of benzene rings is 2. The Hall–Kier alpha value is -3.46. The van der Waals surface area contributed by atoms with E-state index >= 15 is 0 Å². The van der Waals surface area contributed by atoms with Crippen LogP contribution in [0.4, 0.5) is 4.39 Å². The van der Waals surface area contributed by atoms with Gasteiger partial charge in [0, 0.05) is 48.6 Å². The number of piperidine rings is 1. The molecule has 2 aromatic carbocycles. The van der Waals surface area contributed by atoms with Crippen molar-refractivity contribution in [3.8, 4) is 11.5 Å². The van der Waals surface area contributed by atoms with Gasteiger partial charge in [-0.3, -0.25) is 14.1 Å². The number of esters is 1. The number of Topliss-reactive ketones (excluding diaryl/α,β-unsaturated/α-hetero) is 1. The lowest BCUT2D eigenvalue weighted by molar-refractivity contribution is -0.948. The highest BCUT2D eigenvalue weighted by molar-refractivity contribution is 5.94. The van der Waals surface area contributed by atoms with Gasteiger partial charge in [0.1, 0.15) is 5.82 Å². The number of unbranched alkanes of at least 4 members (excludes halogenated alkanes) is 2. The Labute approximate surface area is 242 Å². The molecule has 9 heteroatoms. The van der Waals surface area contributed by atoms with E-state index in [1.165, 1.54) is 19.1 Å². The van der Waals surface area contributed by atoms with Crippen LogP contribution < -0.4 is 9.47 Å². The first-order valence-corrected chi connectivity index (χ1v) is 14.2. The maximum Gasteiger partial charge on any atom is 0.310 e. The Balaban J connectivity index is 0.00000462. The smallest absolute Gasteiger partial charge is 0.310 e. The molecule has 1 fully saturated rings. The SMILES string of the molecule is CCCCCC(=O)OC[N+]1(CCCOc2ccc(C(C)=O)cc2OC)CCC(c2noc3cc(F)ccc23)CC1.[CH3-]. The van der Waals surface area contributed by atoms with Crippen LogP contribution in [0.25, 0.3) is 11.0 Å². The highest BCUT2D eigenvalue weighted by Crippen LogP contribution is 2.35. The minimum Gasteiger partial charge on any atom is -0.493 e. The number of methoxy groups -OCH3 is 1. The summed E-state index contributed by atoms with van der Waals surface area (Å²) in [7, 11) is 1.56. The van der Waals surface area contributed by atoms with Crippen LogP contribution in [-0.4, -0.2) is 61.5 Å². The number of carbonyl (C=O) groups is 2. The van der Waals surface area contributed by atoms with E-state index in [0.717, 1.165) is 69.2 Å². The summed E-state index contributed by atoms with van der Waals surface area (Å²) in [5, 5.41) is 5.13. The molecule has 2 heterocycles. The van der Waals surface area contributed by atoms with Crippen LogP contribution in [0.2, 0.25) is 0 Å². The predicted octanol–water partition coefficient (Wildman–Crippen LogP) is 6.87. The van der Waals surface area contributed by atoms with Gasteiger partial charge >= 0.3 is 5.97 Å². The van der Waals surface area contributed by atoms with Crippen LogP contribution in [0.15, 0.2) is 40.9 Å². The van der Waals surface area contributed by atoms with Crippen LogP contribution >= 0.6 is 0 Å². The van der Waals surface area contributed by atoms with Gasteiger partial charge in [-0.2, -0.15) is 0 Å². The fraction of sp³-hybridized carbons (Fsp3) is 0.500. The second kappa shape index (κ2) is 15.0. The van der Waals surface area contributed by atoms with Crippen molar-refractivity contribution in [2.75, 3.05) is 40.1 Å². The van der Waals surface area contributed by atoms with Crippen molar-refractivity contribution in [2.45, 2.75) is 64.7 Å². The lowest BCUT2D eigenvalue weighted by Crippen LogP contribution is -2.55. The molecule has 1 aliphatic heterocycles. The first kappa shape index (κ1) is 32.1. The number of hydrogen-bond donors (Lipinski definition) is 0. The summed E-state index contributed by atoms with van der Waals surface area (Å²) in [6.45, 7) is 6.84. The van der Waals surface area contributed by atoms with E-state index in [4.69, 9.17) is 18.7 Å². The third-order valence-corrected chi connectivity index (χ3v) is 7.84. The van der Waals surface area contributed by atoms with E-state index in [1.54, 1.807) is 31.4 Å². The second-order valence-corrected chi connectivity index (χ2v) is 10.7. The molecule has 4 rings (SSSR count). The minimum atomic E-state index is -0.343. The summed E-state index contributed by atoms with van der Waals surface area (Å²) in [6.07, 6.45) is 5.82. The van der Waals surface area contributed by atoms with Crippen molar-refractivity contribution in [2.24, 2.45) is 0 Å².